The lowest BCUT2D eigenvalue weighted by Gasteiger charge is -2.20. The van der Waals surface area contributed by atoms with E-state index in [1.165, 1.54) is 38.6 Å². The Bertz CT molecular complexity index is 1320. The Morgan fingerprint density at radius 2 is 1.84 bits per heavy atom. The van der Waals surface area contributed by atoms with Crippen molar-refractivity contribution in [1.29, 1.82) is 0 Å². The van der Waals surface area contributed by atoms with Crippen LogP contribution in [0.5, 0.6) is 17.4 Å². The second kappa shape index (κ2) is 10.3. The van der Waals surface area contributed by atoms with Gasteiger partial charge in [-0.25, -0.2) is 9.97 Å². The molecule has 4 rings (SSSR count). The maximum absolute atomic E-state index is 13.5. The topological polar surface area (TPSA) is 149 Å². The Morgan fingerprint density at radius 1 is 1.16 bits per heavy atom. The van der Waals surface area contributed by atoms with E-state index in [0.29, 0.717) is 12.8 Å². The van der Waals surface area contributed by atoms with E-state index in [9.17, 15) is 27.9 Å². The minimum Gasteiger partial charge on any atom is -0.479 e. The number of amides is 2. The van der Waals surface area contributed by atoms with Gasteiger partial charge < -0.3 is 29.7 Å². The Hall–Kier alpha value is -4.20. The first-order valence-corrected chi connectivity index (χ1v) is 11.4. The molecule has 0 saturated heterocycles. The van der Waals surface area contributed by atoms with Gasteiger partial charge >= 0.3 is 6.18 Å². The van der Waals surface area contributed by atoms with E-state index >= 15 is 0 Å². The lowest BCUT2D eigenvalue weighted by Crippen LogP contribution is -2.49. The molecule has 1 aromatic carbocycles. The Morgan fingerprint density at radius 3 is 2.39 bits per heavy atom. The van der Waals surface area contributed by atoms with Crippen LogP contribution in [0.2, 0.25) is 0 Å². The lowest BCUT2D eigenvalue weighted by molar-refractivity contribution is -0.138. The number of hydrogen-bond donors (Lipinski definition) is 3. The first-order chi connectivity index (χ1) is 17.9. The second-order valence-corrected chi connectivity index (χ2v) is 8.77. The quantitative estimate of drug-likeness (QED) is 0.374. The van der Waals surface area contributed by atoms with Gasteiger partial charge in [-0.05, 0) is 49.5 Å². The summed E-state index contributed by atoms with van der Waals surface area (Å²) < 4.78 is 55.6. The number of hydrogen-bond acceptors (Lipinski definition) is 9. The molecule has 2 unspecified atom stereocenters. The van der Waals surface area contributed by atoms with Crippen molar-refractivity contribution in [2.45, 2.75) is 50.6 Å². The summed E-state index contributed by atoms with van der Waals surface area (Å²) in [5, 5.41) is 18.5. The van der Waals surface area contributed by atoms with Crippen LogP contribution in [-0.2, 0) is 11.0 Å². The number of ether oxygens (including phenoxy) is 2. The van der Waals surface area contributed by atoms with Crippen molar-refractivity contribution >= 4 is 11.8 Å². The highest BCUT2D eigenvalue weighted by Gasteiger charge is 2.52. The molecule has 0 spiro atoms. The summed E-state index contributed by atoms with van der Waals surface area (Å²) in [6, 6.07) is 3.86. The van der Waals surface area contributed by atoms with Gasteiger partial charge in [0.25, 0.3) is 11.8 Å². The van der Waals surface area contributed by atoms with Crippen molar-refractivity contribution in [3.8, 4) is 17.4 Å². The number of halogens is 3. The van der Waals surface area contributed by atoms with Gasteiger partial charge in [0.15, 0.2) is 5.75 Å². The fourth-order valence-electron chi connectivity index (χ4n) is 3.52. The average Bonchev–Trinajstić information content (AvgIpc) is 3.49. The zero-order chi connectivity index (χ0) is 27.7. The molecular weight excluding hydrogens is 511 g/mol. The van der Waals surface area contributed by atoms with E-state index in [1.54, 1.807) is 6.92 Å². The number of alkyl halides is 3. The number of carbonyl (C=O) groups excluding carboxylic acids is 2. The van der Waals surface area contributed by atoms with Crippen molar-refractivity contribution < 1.29 is 41.9 Å². The average molecular weight is 535 g/mol. The van der Waals surface area contributed by atoms with E-state index in [-0.39, 0.29) is 28.8 Å². The highest BCUT2D eigenvalue weighted by molar-refractivity contribution is 5.99. The molecule has 0 aliphatic heterocycles. The highest BCUT2D eigenvalue weighted by Crippen LogP contribution is 2.40. The van der Waals surface area contributed by atoms with Crippen LogP contribution < -0.4 is 20.1 Å². The number of carbonyl (C=O) groups is 2. The van der Waals surface area contributed by atoms with Crippen LogP contribution in [0, 0.1) is 0 Å². The predicted molar refractivity (Wildman–Crippen MR) is 123 cm³/mol. The van der Waals surface area contributed by atoms with Crippen LogP contribution in [0.1, 0.15) is 66.3 Å². The molecule has 2 amide bonds. The third-order valence-corrected chi connectivity index (χ3v) is 5.86. The molecule has 3 aromatic rings. The first kappa shape index (κ1) is 26.9. The van der Waals surface area contributed by atoms with Crippen LogP contribution in [0.4, 0.5) is 13.2 Å². The summed E-state index contributed by atoms with van der Waals surface area (Å²) in [5.41, 5.74) is -2.09. The molecule has 38 heavy (non-hydrogen) atoms. The number of rotatable bonds is 9. The van der Waals surface area contributed by atoms with E-state index in [4.69, 9.17) is 14.0 Å². The van der Waals surface area contributed by atoms with Gasteiger partial charge in [0.1, 0.15) is 17.1 Å². The van der Waals surface area contributed by atoms with Crippen LogP contribution >= 0.6 is 0 Å². The maximum atomic E-state index is 13.5. The van der Waals surface area contributed by atoms with Gasteiger partial charge in [-0.3, -0.25) is 9.59 Å². The van der Waals surface area contributed by atoms with Crippen molar-refractivity contribution in [2.24, 2.45) is 0 Å². The van der Waals surface area contributed by atoms with Crippen molar-refractivity contribution in [3.63, 3.8) is 0 Å². The SMILES string of the molecule is COc1cc(C(=O)NC2(C(=O)NC(C)c3ncc(Oc4ccc(C(C)O)cc4C(F)(F)F)cn3)CC2)on1. The normalized spacial score (nSPS) is 15.8. The van der Waals surface area contributed by atoms with Gasteiger partial charge in [0, 0.05) is 0 Å². The van der Waals surface area contributed by atoms with Crippen LogP contribution in [-0.4, -0.2) is 44.7 Å². The molecule has 1 fully saturated rings. The van der Waals surface area contributed by atoms with Gasteiger partial charge in [-0.1, -0.05) is 6.07 Å². The Balaban J connectivity index is 1.40. The van der Waals surface area contributed by atoms with Gasteiger partial charge in [0.05, 0.1) is 43.3 Å². The van der Waals surface area contributed by atoms with Crippen molar-refractivity contribution in [2.75, 3.05) is 7.11 Å². The number of aliphatic hydroxyl groups is 1. The van der Waals surface area contributed by atoms with E-state index < -0.39 is 47.0 Å². The highest BCUT2D eigenvalue weighted by atomic mass is 19.4. The molecule has 3 N–H and O–H groups in total. The van der Waals surface area contributed by atoms with Crippen LogP contribution in [0.25, 0.3) is 0 Å². The molecule has 202 valence electrons. The molecule has 11 nitrogen and oxygen atoms in total. The first-order valence-electron chi connectivity index (χ1n) is 11.4. The minimum absolute atomic E-state index is 0.0593. The molecule has 2 atom stereocenters. The molecule has 1 aliphatic carbocycles. The van der Waals surface area contributed by atoms with E-state index in [2.05, 4.69) is 25.8 Å². The number of nitrogens with one attached hydrogen (secondary N) is 2. The molecule has 0 bridgehead atoms. The largest absolute Gasteiger partial charge is 0.479 e. The van der Waals surface area contributed by atoms with Crippen molar-refractivity contribution in [1.82, 2.24) is 25.8 Å². The number of aromatic nitrogens is 3. The van der Waals surface area contributed by atoms with Crippen LogP contribution in [0.3, 0.4) is 0 Å². The van der Waals surface area contributed by atoms with Crippen LogP contribution in [0.15, 0.2) is 41.2 Å². The van der Waals surface area contributed by atoms with Gasteiger partial charge in [-0.15, -0.1) is 0 Å². The Labute approximate surface area is 214 Å². The number of benzene rings is 1. The molecule has 14 heteroatoms. The molecule has 1 saturated carbocycles. The summed E-state index contributed by atoms with van der Waals surface area (Å²) in [6.45, 7) is 2.97. The molecule has 1 aliphatic rings. The smallest absolute Gasteiger partial charge is 0.419 e. The third kappa shape index (κ3) is 5.85. The van der Waals surface area contributed by atoms with E-state index in [0.717, 1.165) is 12.1 Å². The zero-order valence-corrected chi connectivity index (χ0v) is 20.5. The molecule has 2 heterocycles. The summed E-state index contributed by atoms with van der Waals surface area (Å²) >= 11 is 0. The second-order valence-electron chi connectivity index (χ2n) is 8.77. The summed E-state index contributed by atoms with van der Waals surface area (Å²) in [7, 11) is 1.37. The number of methoxy groups -OCH3 is 1. The fraction of sp³-hybridized carbons (Fsp3) is 0.375. The van der Waals surface area contributed by atoms with Crippen molar-refractivity contribution in [3.05, 3.63) is 59.4 Å². The fourth-order valence-corrected chi connectivity index (χ4v) is 3.52. The summed E-state index contributed by atoms with van der Waals surface area (Å²) in [5.74, 6) is -1.43. The number of nitrogens with zero attached hydrogens (tertiary/aromatic N) is 3. The van der Waals surface area contributed by atoms with Gasteiger partial charge in [-0.2, -0.15) is 13.2 Å². The monoisotopic (exact) mass is 535 g/mol. The number of aliphatic hydroxyl groups excluding tert-OH is 1. The Kier molecular flexibility index (Phi) is 7.26. The summed E-state index contributed by atoms with van der Waals surface area (Å²) in [6.07, 6.45) is -2.62. The van der Waals surface area contributed by atoms with E-state index in [1.807, 2.05) is 0 Å². The molecular formula is C24H24F3N5O6. The van der Waals surface area contributed by atoms with Gasteiger partial charge in [0.2, 0.25) is 11.7 Å². The molecule has 2 aromatic heterocycles. The minimum atomic E-state index is -4.71. The summed E-state index contributed by atoms with van der Waals surface area (Å²) in [4.78, 5) is 33.5. The molecule has 0 radical (unpaired) electrons. The lowest BCUT2D eigenvalue weighted by atomic mass is 10.1. The maximum Gasteiger partial charge on any atom is 0.419 e. The third-order valence-electron chi connectivity index (χ3n) is 5.86. The zero-order valence-electron chi connectivity index (χ0n) is 20.5. The standard InChI is InChI=1S/C24H24F3N5O6/c1-12(30-22(35)23(6-7-23)31-21(34)18-9-19(36-3)32-38-18)20-28-10-15(11-29-20)37-17-5-4-14(13(2)33)8-16(17)24(25,26)27/h4-5,8-13,33H,6-7H2,1-3H3,(H,30,35)(H,31,34). The predicted octanol–water partition coefficient (Wildman–Crippen LogP) is 3.48.